The normalized spacial score (nSPS) is 10.4. The van der Waals surface area contributed by atoms with Gasteiger partial charge in [0.2, 0.25) is 0 Å². The summed E-state index contributed by atoms with van der Waals surface area (Å²) < 4.78 is 0. The summed E-state index contributed by atoms with van der Waals surface area (Å²) in [5.74, 6) is 0. The summed E-state index contributed by atoms with van der Waals surface area (Å²) in [6, 6.07) is 3.61. The SMILES string of the molecule is Cc1nc(CN(C)c2ccc([N+](=O)[O-])cc2[N+](=O)[O-])cs1. The molecule has 0 aliphatic rings. The van der Waals surface area contributed by atoms with Crippen molar-refractivity contribution in [1.29, 1.82) is 0 Å². The molecule has 9 heteroatoms. The quantitative estimate of drug-likeness (QED) is 0.621. The minimum Gasteiger partial charge on any atom is -0.363 e. The van der Waals surface area contributed by atoms with Crippen LogP contribution in [0.15, 0.2) is 23.6 Å². The monoisotopic (exact) mass is 308 g/mol. The summed E-state index contributed by atoms with van der Waals surface area (Å²) in [5.41, 5.74) is 0.519. The van der Waals surface area contributed by atoms with Crippen LogP contribution in [0.5, 0.6) is 0 Å². The van der Waals surface area contributed by atoms with Gasteiger partial charge in [-0.05, 0) is 13.0 Å². The predicted molar refractivity (Wildman–Crippen MR) is 78.7 cm³/mol. The molecule has 0 radical (unpaired) electrons. The molecule has 0 aliphatic carbocycles. The Kier molecular flexibility index (Phi) is 4.13. The van der Waals surface area contributed by atoms with E-state index in [4.69, 9.17) is 0 Å². The number of hydrogen-bond donors (Lipinski definition) is 0. The van der Waals surface area contributed by atoms with Crippen molar-refractivity contribution in [3.05, 3.63) is 54.5 Å². The van der Waals surface area contributed by atoms with Gasteiger partial charge in [0, 0.05) is 18.5 Å². The van der Waals surface area contributed by atoms with E-state index in [-0.39, 0.29) is 11.4 Å². The molecule has 0 N–H and O–H groups in total. The summed E-state index contributed by atoms with van der Waals surface area (Å²) in [5, 5.41) is 24.6. The maximum atomic E-state index is 11.1. The van der Waals surface area contributed by atoms with E-state index < -0.39 is 9.85 Å². The van der Waals surface area contributed by atoms with Gasteiger partial charge in [-0.2, -0.15) is 0 Å². The molecule has 0 amide bonds. The second-order valence-electron chi connectivity index (χ2n) is 4.40. The Bertz CT molecular complexity index is 700. The van der Waals surface area contributed by atoms with Gasteiger partial charge in [0.25, 0.3) is 11.4 Å². The van der Waals surface area contributed by atoms with Gasteiger partial charge in [0.15, 0.2) is 0 Å². The molecule has 8 nitrogen and oxygen atoms in total. The summed E-state index contributed by atoms with van der Waals surface area (Å²) in [7, 11) is 1.68. The number of benzene rings is 1. The molecule has 0 atom stereocenters. The van der Waals surface area contributed by atoms with Crippen molar-refractivity contribution >= 4 is 28.4 Å². The van der Waals surface area contributed by atoms with Crippen molar-refractivity contribution < 1.29 is 9.85 Å². The first-order valence-corrected chi connectivity index (χ1v) is 6.81. The van der Waals surface area contributed by atoms with Crippen molar-refractivity contribution in [1.82, 2.24) is 4.98 Å². The zero-order valence-electron chi connectivity index (χ0n) is 11.3. The second kappa shape index (κ2) is 5.83. The highest BCUT2D eigenvalue weighted by Crippen LogP contribution is 2.32. The number of nitro benzene ring substituents is 2. The topological polar surface area (TPSA) is 102 Å². The molecular formula is C12H12N4O4S. The zero-order chi connectivity index (χ0) is 15.6. The Labute approximate surface area is 124 Å². The number of nitrogens with zero attached hydrogens (tertiary/aromatic N) is 4. The lowest BCUT2D eigenvalue weighted by atomic mass is 10.2. The van der Waals surface area contributed by atoms with Crippen LogP contribution in [0.1, 0.15) is 10.7 Å². The molecule has 0 saturated carbocycles. The maximum Gasteiger partial charge on any atom is 0.299 e. The lowest BCUT2D eigenvalue weighted by Gasteiger charge is -2.17. The fourth-order valence-electron chi connectivity index (χ4n) is 1.90. The molecule has 0 saturated heterocycles. The fraction of sp³-hybridized carbons (Fsp3) is 0.250. The van der Waals surface area contributed by atoms with Crippen LogP contribution >= 0.6 is 11.3 Å². The van der Waals surface area contributed by atoms with Crippen molar-refractivity contribution in [2.75, 3.05) is 11.9 Å². The molecule has 0 spiro atoms. The van der Waals surface area contributed by atoms with Crippen LogP contribution in [0.25, 0.3) is 0 Å². The highest BCUT2D eigenvalue weighted by atomic mass is 32.1. The van der Waals surface area contributed by atoms with E-state index in [0.717, 1.165) is 16.8 Å². The van der Waals surface area contributed by atoms with Crippen molar-refractivity contribution in [2.24, 2.45) is 0 Å². The van der Waals surface area contributed by atoms with E-state index in [1.165, 1.54) is 23.5 Å². The fourth-order valence-corrected chi connectivity index (χ4v) is 2.51. The van der Waals surface area contributed by atoms with Crippen LogP contribution in [0.4, 0.5) is 17.1 Å². The number of aromatic nitrogens is 1. The van der Waals surface area contributed by atoms with E-state index in [1.54, 1.807) is 11.9 Å². The van der Waals surface area contributed by atoms with Gasteiger partial charge in [0.05, 0.1) is 33.2 Å². The Hall–Kier alpha value is -2.55. The predicted octanol–water partition coefficient (Wildman–Crippen LogP) is 2.90. The lowest BCUT2D eigenvalue weighted by Crippen LogP contribution is -2.18. The van der Waals surface area contributed by atoms with Crippen molar-refractivity contribution in [3.8, 4) is 0 Å². The number of hydrogen-bond acceptors (Lipinski definition) is 7. The molecule has 0 bridgehead atoms. The second-order valence-corrected chi connectivity index (χ2v) is 5.46. The van der Waals surface area contributed by atoms with Gasteiger partial charge in [-0.3, -0.25) is 20.2 Å². The molecule has 2 aromatic rings. The average Bonchev–Trinajstić information content (AvgIpc) is 2.83. The maximum absolute atomic E-state index is 11.1. The standard InChI is InChI=1S/C12H12N4O4S/c1-8-13-9(7-21-8)6-14(2)11-4-3-10(15(17)18)5-12(11)16(19)20/h3-5,7H,6H2,1-2H3. The van der Waals surface area contributed by atoms with E-state index in [0.29, 0.717) is 12.2 Å². The average molecular weight is 308 g/mol. The van der Waals surface area contributed by atoms with Gasteiger partial charge in [-0.15, -0.1) is 11.3 Å². The minimum atomic E-state index is -0.652. The molecule has 0 aliphatic heterocycles. The minimum absolute atomic E-state index is 0.293. The summed E-state index contributed by atoms with van der Waals surface area (Å²) >= 11 is 1.50. The van der Waals surface area contributed by atoms with E-state index in [1.807, 2.05) is 12.3 Å². The highest BCUT2D eigenvalue weighted by Gasteiger charge is 2.22. The van der Waals surface area contributed by atoms with Crippen LogP contribution in [-0.4, -0.2) is 21.9 Å². The number of nitro groups is 2. The van der Waals surface area contributed by atoms with E-state index in [9.17, 15) is 20.2 Å². The van der Waals surface area contributed by atoms with Crippen LogP contribution < -0.4 is 4.90 Å². The summed E-state index contributed by atoms with van der Waals surface area (Å²) in [4.78, 5) is 26.5. The van der Waals surface area contributed by atoms with Crippen LogP contribution in [-0.2, 0) is 6.54 Å². The molecule has 0 unspecified atom stereocenters. The lowest BCUT2D eigenvalue weighted by molar-refractivity contribution is -0.393. The third-order valence-corrected chi connectivity index (χ3v) is 3.67. The highest BCUT2D eigenvalue weighted by molar-refractivity contribution is 7.09. The Morgan fingerprint density at radius 2 is 2.00 bits per heavy atom. The first-order chi connectivity index (χ1) is 9.88. The first kappa shape index (κ1) is 14.9. The molecular weight excluding hydrogens is 296 g/mol. The van der Waals surface area contributed by atoms with Crippen LogP contribution in [0.3, 0.4) is 0 Å². The molecule has 2 rings (SSSR count). The third kappa shape index (κ3) is 3.31. The van der Waals surface area contributed by atoms with Gasteiger partial charge < -0.3 is 4.90 Å². The van der Waals surface area contributed by atoms with E-state index >= 15 is 0 Å². The van der Waals surface area contributed by atoms with Crippen LogP contribution in [0, 0.1) is 27.2 Å². The summed E-state index contributed by atoms with van der Waals surface area (Å²) in [6.45, 7) is 2.27. The number of non-ortho nitro benzene ring substituents is 1. The van der Waals surface area contributed by atoms with Crippen LogP contribution in [0.2, 0.25) is 0 Å². The van der Waals surface area contributed by atoms with Crippen molar-refractivity contribution in [3.63, 3.8) is 0 Å². The van der Waals surface area contributed by atoms with Gasteiger partial charge in [-0.25, -0.2) is 4.98 Å². The smallest absolute Gasteiger partial charge is 0.299 e. The molecule has 21 heavy (non-hydrogen) atoms. The van der Waals surface area contributed by atoms with Gasteiger partial charge in [0.1, 0.15) is 5.69 Å². The molecule has 1 aromatic heterocycles. The number of anilines is 1. The van der Waals surface area contributed by atoms with E-state index in [2.05, 4.69) is 4.98 Å². The first-order valence-electron chi connectivity index (χ1n) is 5.93. The Morgan fingerprint density at radius 3 is 2.52 bits per heavy atom. The molecule has 0 fully saturated rings. The Morgan fingerprint density at radius 1 is 1.29 bits per heavy atom. The number of aryl methyl sites for hydroxylation is 1. The third-order valence-electron chi connectivity index (χ3n) is 2.84. The number of rotatable bonds is 5. The molecule has 110 valence electrons. The molecule has 1 aromatic carbocycles. The number of thiazole rings is 1. The van der Waals surface area contributed by atoms with Gasteiger partial charge in [-0.1, -0.05) is 0 Å². The summed E-state index contributed by atoms with van der Waals surface area (Å²) in [6.07, 6.45) is 0. The van der Waals surface area contributed by atoms with Gasteiger partial charge >= 0.3 is 0 Å². The molecule has 1 heterocycles. The van der Waals surface area contributed by atoms with Crippen molar-refractivity contribution in [2.45, 2.75) is 13.5 Å². The Balaban J connectivity index is 2.33. The largest absolute Gasteiger partial charge is 0.363 e. The zero-order valence-corrected chi connectivity index (χ0v) is 12.2.